The summed E-state index contributed by atoms with van der Waals surface area (Å²) in [4.78, 5) is 39.3. The van der Waals surface area contributed by atoms with E-state index in [1.807, 2.05) is 56.3 Å². The third kappa shape index (κ3) is 3.05. The van der Waals surface area contributed by atoms with Crippen LogP contribution < -0.4 is 10.6 Å². The maximum atomic E-state index is 13.2. The molecule has 28 heavy (non-hydrogen) atoms. The molecular formula is C22H23N3O3. The number of rotatable bonds is 3. The number of anilines is 1. The molecule has 2 aromatic carbocycles. The van der Waals surface area contributed by atoms with Gasteiger partial charge in [0.25, 0.3) is 5.91 Å². The van der Waals surface area contributed by atoms with Gasteiger partial charge in [-0.2, -0.15) is 0 Å². The molecule has 2 N–H and O–H groups in total. The van der Waals surface area contributed by atoms with Gasteiger partial charge in [-0.25, -0.2) is 4.79 Å². The van der Waals surface area contributed by atoms with E-state index in [1.54, 1.807) is 0 Å². The van der Waals surface area contributed by atoms with Crippen LogP contribution in [0.4, 0.5) is 10.5 Å². The molecule has 6 nitrogen and oxygen atoms in total. The van der Waals surface area contributed by atoms with Crippen LogP contribution >= 0.6 is 0 Å². The number of aryl methyl sites for hydroxylation is 3. The van der Waals surface area contributed by atoms with Crippen molar-refractivity contribution in [2.45, 2.75) is 38.6 Å². The molecule has 4 rings (SSSR count). The van der Waals surface area contributed by atoms with E-state index < -0.39 is 17.5 Å². The van der Waals surface area contributed by atoms with E-state index >= 15 is 0 Å². The Bertz CT molecular complexity index is 964. The van der Waals surface area contributed by atoms with Crippen LogP contribution in [0.15, 0.2) is 42.5 Å². The number of fused-ring (bicyclic) bond motifs is 2. The molecule has 1 atom stereocenters. The lowest BCUT2D eigenvalue weighted by molar-refractivity contribution is -0.134. The van der Waals surface area contributed by atoms with Crippen LogP contribution in [0.3, 0.4) is 0 Å². The molecule has 144 valence electrons. The van der Waals surface area contributed by atoms with Gasteiger partial charge in [0.2, 0.25) is 5.91 Å². The third-order valence-electron chi connectivity index (χ3n) is 5.46. The first kappa shape index (κ1) is 18.2. The number of carbonyl (C=O) groups excluding carboxylic acids is 3. The van der Waals surface area contributed by atoms with Crippen molar-refractivity contribution in [3.8, 4) is 0 Å². The molecule has 0 aromatic heterocycles. The molecule has 0 bridgehead atoms. The summed E-state index contributed by atoms with van der Waals surface area (Å²) in [6.45, 7) is 3.59. The predicted octanol–water partition coefficient (Wildman–Crippen LogP) is 3.03. The molecule has 1 spiro atoms. The quantitative estimate of drug-likeness (QED) is 0.807. The highest BCUT2D eigenvalue weighted by atomic mass is 16.2. The van der Waals surface area contributed by atoms with Gasteiger partial charge in [0.15, 0.2) is 0 Å². The second kappa shape index (κ2) is 6.78. The highest BCUT2D eigenvalue weighted by Crippen LogP contribution is 2.39. The van der Waals surface area contributed by atoms with Gasteiger partial charge in [-0.1, -0.05) is 30.3 Å². The molecule has 2 aliphatic rings. The van der Waals surface area contributed by atoms with Crippen molar-refractivity contribution in [2.75, 3.05) is 11.9 Å². The normalized spacial score (nSPS) is 20.9. The van der Waals surface area contributed by atoms with Crippen molar-refractivity contribution in [1.29, 1.82) is 0 Å². The lowest BCUT2D eigenvalue weighted by Crippen LogP contribution is -2.47. The minimum Gasteiger partial charge on any atom is -0.325 e. The van der Waals surface area contributed by atoms with Crippen molar-refractivity contribution in [2.24, 2.45) is 0 Å². The molecule has 1 fully saturated rings. The fourth-order valence-corrected chi connectivity index (χ4v) is 4.35. The molecule has 1 heterocycles. The molecule has 1 saturated heterocycles. The van der Waals surface area contributed by atoms with Crippen LogP contribution in [0.25, 0.3) is 0 Å². The van der Waals surface area contributed by atoms with Gasteiger partial charge in [0, 0.05) is 5.69 Å². The van der Waals surface area contributed by atoms with Crippen LogP contribution in [0.5, 0.6) is 0 Å². The lowest BCUT2D eigenvalue weighted by atomic mass is 9.76. The number of imide groups is 1. The van der Waals surface area contributed by atoms with E-state index in [9.17, 15) is 14.4 Å². The first-order valence-electron chi connectivity index (χ1n) is 9.50. The van der Waals surface area contributed by atoms with Crippen LogP contribution in [-0.4, -0.2) is 29.3 Å². The standard InChI is InChI=1S/C22H23N3O3/c1-14-10-15(2)12-17(11-14)23-19(26)13-25-20(27)22(24-21(25)28)9-5-7-16-6-3-4-8-18(16)22/h3-4,6,8,10-12H,5,7,9,13H2,1-2H3,(H,23,26)(H,24,28)/t22-/m0/s1. The number of nitrogens with zero attached hydrogens (tertiary/aromatic N) is 1. The number of nitrogens with one attached hydrogen (secondary N) is 2. The molecular weight excluding hydrogens is 354 g/mol. The van der Waals surface area contributed by atoms with Gasteiger partial charge >= 0.3 is 6.03 Å². The Labute approximate surface area is 163 Å². The number of carbonyl (C=O) groups is 3. The van der Waals surface area contributed by atoms with Gasteiger partial charge in [-0.15, -0.1) is 0 Å². The van der Waals surface area contributed by atoms with Gasteiger partial charge in [-0.05, 0) is 67.5 Å². The van der Waals surface area contributed by atoms with Crippen LogP contribution in [0, 0.1) is 13.8 Å². The zero-order valence-corrected chi connectivity index (χ0v) is 16.0. The van der Waals surface area contributed by atoms with Crippen molar-refractivity contribution in [3.63, 3.8) is 0 Å². The largest absolute Gasteiger partial charge is 0.325 e. The average Bonchev–Trinajstić information content (AvgIpc) is 2.86. The SMILES string of the molecule is Cc1cc(C)cc(NC(=O)CN2C(=O)N[C@]3(CCCc4ccccc43)C2=O)c1. The van der Waals surface area contributed by atoms with Gasteiger partial charge in [-0.3, -0.25) is 14.5 Å². The second-order valence-corrected chi connectivity index (χ2v) is 7.66. The Kier molecular flexibility index (Phi) is 4.41. The Hall–Kier alpha value is -3.15. The van der Waals surface area contributed by atoms with Crippen LogP contribution in [-0.2, 0) is 21.5 Å². The van der Waals surface area contributed by atoms with Crippen molar-refractivity contribution >= 4 is 23.5 Å². The zero-order valence-electron chi connectivity index (χ0n) is 16.0. The van der Waals surface area contributed by atoms with Crippen molar-refractivity contribution in [1.82, 2.24) is 10.2 Å². The summed E-state index contributed by atoms with van der Waals surface area (Å²) in [6, 6.07) is 12.9. The highest BCUT2D eigenvalue weighted by Gasteiger charge is 2.54. The van der Waals surface area contributed by atoms with E-state index in [4.69, 9.17) is 0 Å². The minimum atomic E-state index is -1.05. The Morgan fingerprint density at radius 1 is 1.14 bits per heavy atom. The number of hydrogen-bond donors (Lipinski definition) is 2. The third-order valence-corrected chi connectivity index (χ3v) is 5.46. The molecule has 2 aromatic rings. The summed E-state index contributed by atoms with van der Waals surface area (Å²) >= 11 is 0. The molecule has 0 unspecified atom stereocenters. The van der Waals surface area contributed by atoms with E-state index in [-0.39, 0.29) is 12.5 Å². The summed E-state index contributed by atoms with van der Waals surface area (Å²) in [5.41, 5.74) is 3.59. The minimum absolute atomic E-state index is 0.304. The molecule has 4 amide bonds. The first-order chi connectivity index (χ1) is 13.4. The van der Waals surface area contributed by atoms with Crippen molar-refractivity contribution in [3.05, 3.63) is 64.7 Å². The molecule has 1 aliphatic heterocycles. The van der Waals surface area contributed by atoms with E-state index in [2.05, 4.69) is 10.6 Å². The van der Waals surface area contributed by atoms with Crippen LogP contribution in [0.2, 0.25) is 0 Å². The Balaban J connectivity index is 1.55. The fraction of sp³-hybridized carbons (Fsp3) is 0.318. The molecule has 1 aliphatic carbocycles. The Morgan fingerprint density at radius 3 is 2.61 bits per heavy atom. The lowest BCUT2D eigenvalue weighted by Gasteiger charge is -2.33. The molecule has 0 radical (unpaired) electrons. The maximum absolute atomic E-state index is 13.2. The Morgan fingerprint density at radius 2 is 1.86 bits per heavy atom. The van der Waals surface area contributed by atoms with Crippen molar-refractivity contribution < 1.29 is 14.4 Å². The van der Waals surface area contributed by atoms with Gasteiger partial charge in [0.1, 0.15) is 12.1 Å². The van der Waals surface area contributed by atoms with E-state index in [0.29, 0.717) is 12.1 Å². The topological polar surface area (TPSA) is 78.5 Å². The highest BCUT2D eigenvalue weighted by molar-refractivity contribution is 6.10. The number of urea groups is 1. The summed E-state index contributed by atoms with van der Waals surface area (Å²) in [7, 11) is 0. The van der Waals surface area contributed by atoms with Gasteiger partial charge < -0.3 is 10.6 Å². The van der Waals surface area contributed by atoms with E-state index in [1.165, 1.54) is 0 Å². The van der Waals surface area contributed by atoms with Gasteiger partial charge in [0.05, 0.1) is 0 Å². The summed E-state index contributed by atoms with van der Waals surface area (Å²) in [5.74, 6) is -0.741. The number of benzene rings is 2. The summed E-state index contributed by atoms with van der Waals surface area (Å²) < 4.78 is 0. The summed E-state index contributed by atoms with van der Waals surface area (Å²) in [6.07, 6.45) is 2.24. The van der Waals surface area contributed by atoms with Crippen LogP contribution in [0.1, 0.15) is 35.1 Å². The fourth-order valence-electron chi connectivity index (χ4n) is 4.35. The first-order valence-corrected chi connectivity index (χ1v) is 9.50. The smallest absolute Gasteiger partial charge is 0.325 e. The summed E-state index contributed by atoms with van der Waals surface area (Å²) in [5, 5.41) is 5.66. The van der Waals surface area contributed by atoms with E-state index in [0.717, 1.165) is 40.0 Å². The second-order valence-electron chi connectivity index (χ2n) is 7.66. The maximum Gasteiger partial charge on any atom is 0.325 e. The number of hydrogen-bond acceptors (Lipinski definition) is 3. The average molecular weight is 377 g/mol. The number of amides is 4. The monoisotopic (exact) mass is 377 g/mol. The zero-order chi connectivity index (χ0) is 19.9. The predicted molar refractivity (Wildman–Crippen MR) is 106 cm³/mol. The molecule has 6 heteroatoms. The molecule has 0 saturated carbocycles.